The van der Waals surface area contributed by atoms with Crippen LogP contribution in [-0.4, -0.2) is 31.4 Å². The molecule has 1 heterocycles. The monoisotopic (exact) mass is 370 g/mol. The molecule has 5 nitrogen and oxygen atoms in total. The van der Waals surface area contributed by atoms with E-state index in [1.807, 2.05) is 0 Å². The topological polar surface area (TPSA) is 65.0 Å². The van der Waals surface area contributed by atoms with Crippen molar-refractivity contribution in [2.24, 2.45) is 0 Å². The maximum absolute atomic E-state index is 12.1. The summed E-state index contributed by atoms with van der Waals surface area (Å²) < 4.78 is 17.4. The standard InChI is InChI=1S/C16H19BrO5/c1-20-13-10(16(15(18)19)5-3-2-4-6-16)9-11-14(12(13)17)22-8-7-21-11/h9H,2-8H2,1H3,(H,18,19). The van der Waals surface area contributed by atoms with E-state index in [-0.39, 0.29) is 0 Å². The van der Waals surface area contributed by atoms with Gasteiger partial charge < -0.3 is 19.3 Å². The molecule has 0 amide bonds. The Morgan fingerprint density at radius 2 is 1.95 bits per heavy atom. The van der Waals surface area contributed by atoms with Gasteiger partial charge in [-0.3, -0.25) is 4.79 Å². The van der Waals surface area contributed by atoms with E-state index in [9.17, 15) is 9.90 Å². The summed E-state index contributed by atoms with van der Waals surface area (Å²) in [5.41, 5.74) is -0.236. The van der Waals surface area contributed by atoms with Gasteiger partial charge in [-0.2, -0.15) is 0 Å². The van der Waals surface area contributed by atoms with E-state index < -0.39 is 11.4 Å². The second-order valence-electron chi connectivity index (χ2n) is 5.74. The number of halogens is 1. The number of benzene rings is 1. The third kappa shape index (κ3) is 2.33. The smallest absolute Gasteiger partial charge is 0.314 e. The summed E-state index contributed by atoms with van der Waals surface area (Å²) in [6, 6.07) is 1.79. The molecule has 0 saturated heterocycles. The maximum Gasteiger partial charge on any atom is 0.314 e. The normalized spacial score (nSPS) is 19.5. The van der Waals surface area contributed by atoms with Crippen LogP contribution in [0.5, 0.6) is 17.2 Å². The van der Waals surface area contributed by atoms with Crippen LogP contribution in [0.25, 0.3) is 0 Å². The molecule has 1 saturated carbocycles. The van der Waals surface area contributed by atoms with Crippen molar-refractivity contribution >= 4 is 21.9 Å². The lowest BCUT2D eigenvalue weighted by atomic mass is 9.69. The number of carboxylic acid groups (broad SMARTS) is 1. The van der Waals surface area contributed by atoms with Crippen LogP contribution in [0, 0.1) is 0 Å². The zero-order valence-electron chi connectivity index (χ0n) is 12.5. The molecule has 2 aliphatic rings. The Morgan fingerprint density at radius 1 is 1.27 bits per heavy atom. The molecule has 0 radical (unpaired) electrons. The van der Waals surface area contributed by atoms with Crippen molar-refractivity contribution in [1.82, 2.24) is 0 Å². The van der Waals surface area contributed by atoms with Crippen LogP contribution in [-0.2, 0) is 10.2 Å². The molecular weight excluding hydrogens is 352 g/mol. The summed E-state index contributed by atoms with van der Waals surface area (Å²) in [4.78, 5) is 12.1. The second kappa shape index (κ2) is 5.99. The van der Waals surface area contributed by atoms with E-state index in [1.165, 1.54) is 0 Å². The first-order valence-corrected chi connectivity index (χ1v) is 8.29. The molecule has 1 N–H and O–H groups in total. The van der Waals surface area contributed by atoms with Gasteiger partial charge in [0, 0.05) is 5.56 Å². The maximum atomic E-state index is 12.1. The summed E-state index contributed by atoms with van der Waals surface area (Å²) in [7, 11) is 1.55. The molecule has 0 spiro atoms. The SMILES string of the molecule is COc1c(C2(C(=O)O)CCCCC2)cc2c(c1Br)OCCO2. The van der Waals surface area contributed by atoms with Crippen LogP contribution < -0.4 is 14.2 Å². The molecule has 22 heavy (non-hydrogen) atoms. The van der Waals surface area contributed by atoms with E-state index >= 15 is 0 Å². The van der Waals surface area contributed by atoms with Gasteiger partial charge >= 0.3 is 5.97 Å². The predicted molar refractivity (Wildman–Crippen MR) is 84.1 cm³/mol. The summed E-state index contributed by atoms with van der Waals surface area (Å²) in [6.45, 7) is 0.934. The van der Waals surface area contributed by atoms with Gasteiger partial charge in [0.25, 0.3) is 0 Å². The molecule has 0 atom stereocenters. The third-order valence-corrected chi connectivity index (χ3v) is 5.29. The highest BCUT2D eigenvalue weighted by atomic mass is 79.9. The lowest BCUT2D eigenvalue weighted by Crippen LogP contribution is -2.38. The highest BCUT2D eigenvalue weighted by Gasteiger charge is 2.45. The Bertz CT molecular complexity index is 593. The van der Waals surface area contributed by atoms with Gasteiger partial charge in [0.15, 0.2) is 11.5 Å². The van der Waals surface area contributed by atoms with Gasteiger partial charge in [0.05, 0.1) is 12.5 Å². The minimum Gasteiger partial charge on any atom is -0.495 e. The number of hydrogen-bond donors (Lipinski definition) is 1. The zero-order valence-corrected chi connectivity index (χ0v) is 14.1. The van der Waals surface area contributed by atoms with Crippen molar-refractivity contribution in [2.75, 3.05) is 20.3 Å². The van der Waals surface area contributed by atoms with Crippen LogP contribution in [0.3, 0.4) is 0 Å². The largest absolute Gasteiger partial charge is 0.495 e. The summed E-state index contributed by atoms with van der Waals surface area (Å²) in [6.07, 6.45) is 4.11. The van der Waals surface area contributed by atoms with Gasteiger partial charge in [-0.25, -0.2) is 0 Å². The number of rotatable bonds is 3. The zero-order chi connectivity index (χ0) is 15.7. The fourth-order valence-corrected chi connectivity index (χ4v) is 4.12. The molecule has 3 rings (SSSR count). The Balaban J connectivity index is 2.20. The van der Waals surface area contributed by atoms with E-state index in [1.54, 1.807) is 13.2 Å². The van der Waals surface area contributed by atoms with E-state index in [4.69, 9.17) is 14.2 Å². The first-order chi connectivity index (χ1) is 10.6. The summed E-state index contributed by atoms with van der Waals surface area (Å²) >= 11 is 3.49. The lowest BCUT2D eigenvalue weighted by molar-refractivity contribution is -0.145. The molecule has 1 aliphatic carbocycles. The Hall–Kier alpha value is -1.43. The van der Waals surface area contributed by atoms with E-state index in [0.717, 1.165) is 19.3 Å². The second-order valence-corrected chi connectivity index (χ2v) is 6.54. The average Bonchev–Trinajstić information content (AvgIpc) is 2.55. The number of carbonyl (C=O) groups is 1. The molecule has 1 aliphatic heterocycles. The van der Waals surface area contributed by atoms with Crippen molar-refractivity contribution in [3.63, 3.8) is 0 Å². The fraction of sp³-hybridized carbons (Fsp3) is 0.562. The minimum absolute atomic E-state index is 0.464. The fourth-order valence-electron chi connectivity index (χ4n) is 3.44. The van der Waals surface area contributed by atoms with Crippen LogP contribution in [0.2, 0.25) is 0 Å². The molecule has 1 aromatic carbocycles. The van der Waals surface area contributed by atoms with Crippen molar-refractivity contribution in [3.05, 3.63) is 16.1 Å². The van der Waals surface area contributed by atoms with Crippen molar-refractivity contribution in [3.8, 4) is 17.2 Å². The van der Waals surface area contributed by atoms with Crippen LogP contribution in [0.15, 0.2) is 10.5 Å². The lowest BCUT2D eigenvalue weighted by Gasteiger charge is -2.35. The Labute approximate surface area is 137 Å². The molecule has 0 aromatic heterocycles. The van der Waals surface area contributed by atoms with Crippen LogP contribution in [0.4, 0.5) is 0 Å². The van der Waals surface area contributed by atoms with Crippen LogP contribution >= 0.6 is 15.9 Å². The molecule has 1 fully saturated rings. The first kappa shape index (κ1) is 15.5. The minimum atomic E-state index is -0.915. The number of methoxy groups -OCH3 is 1. The molecule has 1 aromatic rings. The van der Waals surface area contributed by atoms with Crippen LogP contribution in [0.1, 0.15) is 37.7 Å². The van der Waals surface area contributed by atoms with Gasteiger partial charge in [-0.05, 0) is 34.8 Å². The Morgan fingerprint density at radius 3 is 2.59 bits per heavy atom. The molecular formula is C16H19BrO5. The average molecular weight is 371 g/mol. The predicted octanol–water partition coefficient (Wildman–Crippen LogP) is 3.52. The number of aliphatic carboxylic acids is 1. The quantitative estimate of drug-likeness (QED) is 0.881. The molecule has 0 unspecified atom stereocenters. The molecule has 6 heteroatoms. The first-order valence-electron chi connectivity index (χ1n) is 7.50. The van der Waals surface area contributed by atoms with Crippen molar-refractivity contribution in [1.29, 1.82) is 0 Å². The number of carboxylic acids is 1. The van der Waals surface area contributed by atoms with Gasteiger partial charge in [0.1, 0.15) is 23.4 Å². The highest BCUT2D eigenvalue weighted by Crippen LogP contribution is 2.52. The summed E-state index contributed by atoms with van der Waals surface area (Å²) in [5, 5.41) is 9.91. The highest BCUT2D eigenvalue weighted by molar-refractivity contribution is 9.10. The Kier molecular flexibility index (Phi) is 4.21. The number of hydrogen-bond acceptors (Lipinski definition) is 4. The van der Waals surface area contributed by atoms with E-state index in [2.05, 4.69) is 15.9 Å². The third-order valence-electron chi connectivity index (χ3n) is 4.57. The molecule has 120 valence electrons. The van der Waals surface area contributed by atoms with Gasteiger partial charge in [-0.15, -0.1) is 0 Å². The number of fused-ring (bicyclic) bond motifs is 1. The van der Waals surface area contributed by atoms with Gasteiger partial charge in [0.2, 0.25) is 0 Å². The molecule has 0 bridgehead atoms. The van der Waals surface area contributed by atoms with Crippen molar-refractivity contribution < 1.29 is 24.1 Å². The van der Waals surface area contributed by atoms with Crippen molar-refractivity contribution in [2.45, 2.75) is 37.5 Å². The van der Waals surface area contributed by atoms with E-state index in [0.29, 0.717) is 53.3 Å². The van der Waals surface area contributed by atoms with Gasteiger partial charge in [-0.1, -0.05) is 19.3 Å². The number of ether oxygens (including phenoxy) is 3. The summed E-state index contributed by atoms with van der Waals surface area (Å²) in [5.74, 6) is 0.908.